The van der Waals surface area contributed by atoms with Crippen molar-refractivity contribution in [3.63, 3.8) is 0 Å². The van der Waals surface area contributed by atoms with E-state index in [0.29, 0.717) is 12.5 Å². The van der Waals surface area contributed by atoms with Gasteiger partial charge in [-0.05, 0) is 32.8 Å². The molecule has 2 rings (SSSR count). The van der Waals surface area contributed by atoms with Crippen molar-refractivity contribution >= 4 is 16.7 Å². The van der Waals surface area contributed by atoms with Gasteiger partial charge < -0.3 is 14.8 Å². The molecule has 21 heavy (non-hydrogen) atoms. The summed E-state index contributed by atoms with van der Waals surface area (Å²) in [6.45, 7) is 10.2. The molecule has 2 N–H and O–H groups in total. The summed E-state index contributed by atoms with van der Waals surface area (Å²) < 4.78 is 9.81. The van der Waals surface area contributed by atoms with E-state index < -0.39 is 5.60 Å². The highest BCUT2D eigenvalue weighted by atomic mass is 32.1. The Morgan fingerprint density at radius 3 is 2.71 bits per heavy atom. The summed E-state index contributed by atoms with van der Waals surface area (Å²) in [5.74, 6) is 2.94. The highest BCUT2D eigenvalue weighted by Gasteiger charge is 2.27. The minimum Gasteiger partial charge on any atom is -0.466 e. The van der Waals surface area contributed by atoms with E-state index in [0.717, 1.165) is 34.5 Å². The third kappa shape index (κ3) is 4.04. The van der Waals surface area contributed by atoms with Gasteiger partial charge in [-0.15, -0.1) is 0 Å². The third-order valence-corrected chi connectivity index (χ3v) is 3.97. The number of aliphatic hydroxyl groups is 1. The van der Waals surface area contributed by atoms with Gasteiger partial charge in [0.25, 0.3) is 0 Å². The van der Waals surface area contributed by atoms with Crippen LogP contribution in [0.15, 0.2) is 10.5 Å². The van der Waals surface area contributed by atoms with Gasteiger partial charge >= 0.3 is 0 Å². The van der Waals surface area contributed by atoms with Gasteiger partial charge in [-0.1, -0.05) is 13.8 Å². The lowest BCUT2D eigenvalue weighted by atomic mass is 9.96. The van der Waals surface area contributed by atoms with Gasteiger partial charge in [0, 0.05) is 30.1 Å². The quantitative estimate of drug-likeness (QED) is 0.857. The molecule has 5 nitrogen and oxygen atoms in total. The molecule has 0 aromatic carbocycles. The molecule has 0 spiro atoms. The normalized spacial score (nSPS) is 14.4. The van der Waals surface area contributed by atoms with Crippen LogP contribution in [0.3, 0.4) is 0 Å². The van der Waals surface area contributed by atoms with E-state index >= 15 is 0 Å². The number of furan rings is 1. The lowest BCUT2D eigenvalue weighted by molar-refractivity contribution is 0.0699. The minimum absolute atomic E-state index is 0.364. The number of anilines is 1. The van der Waals surface area contributed by atoms with E-state index in [1.165, 1.54) is 11.5 Å². The van der Waals surface area contributed by atoms with Gasteiger partial charge in [0.05, 0.1) is 0 Å². The summed E-state index contributed by atoms with van der Waals surface area (Å²) in [6.07, 6.45) is 0.870. The molecule has 2 aromatic rings. The fourth-order valence-electron chi connectivity index (χ4n) is 2.28. The maximum absolute atomic E-state index is 10.6. The van der Waals surface area contributed by atoms with Crippen LogP contribution in [0.25, 0.3) is 0 Å². The first-order valence-electron chi connectivity index (χ1n) is 7.14. The topological polar surface area (TPSA) is 71.2 Å². The number of hydrogen-bond acceptors (Lipinski definition) is 6. The van der Waals surface area contributed by atoms with Crippen LogP contribution in [0.4, 0.5) is 5.13 Å². The third-order valence-electron chi connectivity index (χ3n) is 3.26. The van der Waals surface area contributed by atoms with E-state index in [1.807, 2.05) is 19.9 Å². The molecule has 0 aliphatic carbocycles. The Hall–Kier alpha value is -1.40. The van der Waals surface area contributed by atoms with Gasteiger partial charge in [0.15, 0.2) is 0 Å². The molecule has 1 unspecified atom stereocenters. The van der Waals surface area contributed by atoms with Crippen molar-refractivity contribution < 1.29 is 9.52 Å². The second-order valence-corrected chi connectivity index (χ2v) is 6.82. The molecule has 2 aromatic heterocycles. The van der Waals surface area contributed by atoms with Gasteiger partial charge in [0.1, 0.15) is 22.9 Å². The SMILES string of the molecule is Cc1cc(C(C)(O)CNc2nc(CC(C)C)ns2)c(C)o1. The van der Waals surface area contributed by atoms with Crippen molar-refractivity contribution in [3.8, 4) is 0 Å². The van der Waals surface area contributed by atoms with Crippen LogP contribution in [0, 0.1) is 19.8 Å². The monoisotopic (exact) mass is 309 g/mol. The molecular formula is C15H23N3O2S. The van der Waals surface area contributed by atoms with E-state index in [4.69, 9.17) is 4.42 Å². The average molecular weight is 309 g/mol. The van der Waals surface area contributed by atoms with Crippen molar-refractivity contribution in [2.75, 3.05) is 11.9 Å². The van der Waals surface area contributed by atoms with E-state index in [-0.39, 0.29) is 0 Å². The summed E-state index contributed by atoms with van der Waals surface area (Å²) in [7, 11) is 0. The first-order chi connectivity index (χ1) is 9.78. The smallest absolute Gasteiger partial charge is 0.202 e. The fraction of sp³-hybridized carbons (Fsp3) is 0.600. The molecule has 116 valence electrons. The Balaban J connectivity index is 2.01. The number of aromatic nitrogens is 2. The zero-order chi connectivity index (χ0) is 15.6. The zero-order valence-corrected chi connectivity index (χ0v) is 14.0. The largest absolute Gasteiger partial charge is 0.466 e. The molecule has 0 aliphatic heterocycles. The Morgan fingerprint density at radius 1 is 1.43 bits per heavy atom. The maximum Gasteiger partial charge on any atom is 0.202 e. The van der Waals surface area contributed by atoms with Crippen LogP contribution >= 0.6 is 11.5 Å². The van der Waals surface area contributed by atoms with Crippen LogP contribution in [0.2, 0.25) is 0 Å². The van der Waals surface area contributed by atoms with E-state index in [1.54, 1.807) is 6.92 Å². The molecule has 6 heteroatoms. The molecule has 1 atom stereocenters. The van der Waals surface area contributed by atoms with Crippen molar-refractivity contribution in [1.82, 2.24) is 9.36 Å². The van der Waals surface area contributed by atoms with E-state index in [2.05, 4.69) is 28.5 Å². The molecule has 0 saturated carbocycles. The first kappa shape index (κ1) is 16.0. The lowest BCUT2D eigenvalue weighted by Crippen LogP contribution is -2.31. The Morgan fingerprint density at radius 2 is 2.14 bits per heavy atom. The molecular weight excluding hydrogens is 286 g/mol. The number of nitrogens with zero attached hydrogens (tertiary/aromatic N) is 2. The van der Waals surface area contributed by atoms with Crippen molar-refractivity contribution in [2.45, 2.75) is 46.6 Å². The number of hydrogen-bond donors (Lipinski definition) is 2. The standard InChI is InChI=1S/C15H23N3O2S/c1-9(2)6-13-17-14(21-18-13)16-8-15(5,19)12-7-10(3)20-11(12)4/h7,9,19H,6,8H2,1-5H3,(H,16,17,18). The predicted octanol–water partition coefficient (Wildman–Crippen LogP) is 3.27. The molecule has 0 saturated heterocycles. The van der Waals surface area contributed by atoms with Gasteiger partial charge in [-0.2, -0.15) is 4.37 Å². The molecule has 2 heterocycles. The summed E-state index contributed by atoms with van der Waals surface area (Å²) in [4.78, 5) is 4.44. The zero-order valence-electron chi connectivity index (χ0n) is 13.2. The van der Waals surface area contributed by atoms with Crippen LogP contribution in [-0.4, -0.2) is 21.0 Å². The lowest BCUT2D eigenvalue weighted by Gasteiger charge is -2.22. The summed E-state index contributed by atoms with van der Waals surface area (Å²) >= 11 is 1.33. The highest BCUT2D eigenvalue weighted by molar-refractivity contribution is 7.09. The van der Waals surface area contributed by atoms with Gasteiger partial charge in [-0.25, -0.2) is 4.98 Å². The van der Waals surface area contributed by atoms with Crippen LogP contribution in [-0.2, 0) is 12.0 Å². The fourth-order valence-corrected chi connectivity index (χ4v) is 2.87. The Kier molecular flexibility index (Phi) is 4.68. The first-order valence-corrected chi connectivity index (χ1v) is 7.91. The average Bonchev–Trinajstić information content (AvgIpc) is 2.93. The highest BCUT2D eigenvalue weighted by Crippen LogP contribution is 2.27. The minimum atomic E-state index is -1.01. The number of rotatable bonds is 6. The van der Waals surface area contributed by atoms with Crippen LogP contribution in [0.5, 0.6) is 0 Å². The number of aryl methyl sites for hydroxylation is 2. The molecule has 0 amide bonds. The summed E-state index contributed by atoms with van der Waals surface area (Å²) in [5, 5.41) is 14.5. The van der Waals surface area contributed by atoms with E-state index in [9.17, 15) is 5.11 Å². The maximum atomic E-state index is 10.6. The van der Waals surface area contributed by atoms with Gasteiger partial charge in [-0.3, -0.25) is 0 Å². The molecule has 0 aliphatic rings. The van der Waals surface area contributed by atoms with Crippen LogP contribution < -0.4 is 5.32 Å². The van der Waals surface area contributed by atoms with Crippen molar-refractivity contribution in [1.29, 1.82) is 0 Å². The second kappa shape index (κ2) is 6.15. The van der Waals surface area contributed by atoms with Crippen molar-refractivity contribution in [3.05, 3.63) is 29.0 Å². The molecule has 0 fully saturated rings. The predicted molar refractivity (Wildman–Crippen MR) is 84.7 cm³/mol. The van der Waals surface area contributed by atoms with Crippen molar-refractivity contribution in [2.24, 2.45) is 5.92 Å². The molecule has 0 radical (unpaired) electrons. The Bertz CT molecular complexity index is 602. The van der Waals surface area contributed by atoms with Crippen LogP contribution in [0.1, 0.15) is 43.7 Å². The molecule has 0 bridgehead atoms. The van der Waals surface area contributed by atoms with Gasteiger partial charge in [0.2, 0.25) is 5.13 Å². The number of nitrogens with one attached hydrogen (secondary N) is 1. The summed E-state index contributed by atoms with van der Waals surface area (Å²) in [6, 6.07) is 1.88. The summed E-state index contributed by atoms with van der Waals surface area (Å²) in [5.41, 5.74) is -0.203. The second-order valence-electron chi connectivity index (χ2n) is 6.07. The Labute approximate surface area is 129 Å².